The van der Waals surface area contributed by atoms with Gasteiger partial charge in [-0.2, -0.15) is 0 Å². The lowest BCUT2D eigenvalue weighted by Crippen LogP contribution is -2.30. The molecule has 2 aromatic rings. The topological polar surface area (TPSA) is 25.4 Å². The standard InChI is InChI=1S/C15H20N2OS2/c1-3-11-9-12-15(16-14(4-2)19-12)13(10-11)20-17-5-7-18-8-6-17/h9-10H,3-8H2,1-2H3. The molecule has 5 heteroatoms. The number of morpholine rings is 1. The van der Waals surface area contributed by atoms with Crippen LogP contribution in [0.3, 0.4) is 0 Å². The molecule has 1 aromatic carbocycles. The van der Waals surface area contributed by atoms with Crippen molar-refractivity contribution < 1.29 is 4.74 Å². The van der Waals surface area contributed by atoms with E-state index in [1.54, 1.807) is 0 Å². The van der Waals surface area contributed by atoms with E-state index in [4.69, 9.17) is 9.72 Å². The molecule has 3 nitrogen and oxygen atoms in total. The summed E-state index contributed by atoms with van der Waals surface area (Å²) in [5.74, 6) is 0. The number of aryl methyl sites for hydroxylation is 2. The molecule has 0 bridgehead atoms. The van der Waals surface area contributed by atoms with Gasteiger partial charge >= 0.3 is 0 Å². The van der Waals surface area contributed by atoms with Crippen molar-refractivity contribution in [1.29, 1.82) is 0 Å². The third-order valence-electron chi connectivity index (χ3n) is 3.47. The van der Waals surface area contributed by atoms with Crippen molar-refractivity contribution in [3.63, 3.8) is 0 Å². The monoisotopic (exact) mass is 308 g/mol. The van der Waals surface area contributed by atoms with Crippen LogP contribution in [0.4, 0.5) is 0 Å². The predicted octanol–water partition coefficient (Wildman–Crippen LogP) is 3.76. The van der Waals surface area contributed by atoms with Crippen molar-refractivity contribution >= 4 is 33.5 Å². The lowest BCUT2D eigenvalue weighted by atomic mass is 10.2. The van der Waals surface area contributed by atoms with Gasteiger partial charge in [-0.05, 0) is 42.5 Å². The van der Waals surface area contributed by atoms with Gasteiger partial charge in [-0.25, -0.2) is 9.29 Å². The number of ether oxygens (including phenoxy) is 1. The fraction of sp³-hybridized carbons (Fsp3) is 0.533. The van der Waals surface area contributed by atoms with Crippen molar-refractivity contribution in [2.24, 2.45) is 0 Å². The summed E-state index contributed by atoms with van der Waals surface area (Å²) >= 11 is 3.68. The smallest absolute Gasteiger partial charge is 0.0964 e. The molecule has 0 aliphatic carbocycles. The largest absolute Gasteiger partial charge is 0.379 e. The quantitative estimate of drug-likeness (QED) is 0.803. The first-order valence-electron chi connectivity index (χ1n) is 7.23. The van der Waals surface area contributed by atoms with E-state index in [9.17, 15) is 0 Å². The summed E-state index contributed by atoms with van der Waals surface area (Å²) in [5.41, 5.74) is 2.58. The van der Waals surface area contributed by atoms with Crippen LogP contribution in [0.2, 0.25) is 0 Å². The molecule has 1 aromatic heterocycles. The number of nitrogens with zero attached hydrogens (tertiary/aromatic N) is 2. The van der Waals surface area contributed by atoms with E-state index in [2.05, 4.69) is 30.3 Å². The zero-order valence-electron chi connectivity index (χ0n) is 12.0. The Morgan fingerprint density at radius 3 is 2.75 bits per heavy atom. The SMILES string of the molecule is CCc1cc(SN2CCOCC2)c2nc(CC)sc2c1. The minimum Gasteiger partial charge on any atom is -0.379 e. The average Bonchev–Trinajstić information content (AvgIpc) is 2.91. The van der Waals surface area contributed by atoms with Crippen LogP contribution in [0.15, 0.2) is 17.0 Å². The summed E-state index contributed by atoms with van der Waals surface area (Å²) < 4.78 is 9.14. The second-order valence-electron chi connectivity index (χ2n) is 4.89. The van der Waals surface area contributed by atoms with E-state index in [0.717, 1.165) is 39.1 Å². The maximum Gasteiger partial charge on any atom is 0.0964 e. The summed E-state index contributed by atoms with van der Waals surface area (Å²) in [5, 5.41) is 1.23. The molecule has 0 amide bonds. The van der Waals surface area contributed by atoms with Gasteiger partial charge in [0.1, 0.15) is 0 Å². The minimum absolute atomic E-state index is 0.834. The molecular weight excluding hydrogens is 288 g/mol. The van der Waals surface area contributed by atoms with Crippen LogP contribution in [0, 0.1) is 0 Å². The van der Waals surface area contributed by atoms with Crippen molar-refractivity contribution in [2.45, 2.75) is 31.6 Å². The Balaban J connectivity index is 1.95. The highest BCUT2D eigenvalue weighted by atomic mass is 32.2. The molecule has 1 aliphatic heterocycles. The molecule has 108 valence electrons. The van der Waals surface area contributed by atoms with Crippen molar-refractivity contribution in [2.75, 3.05) is 26.3 Å². The molecule has 3 rings (SSSR count). The van der Waals surface area contributed by atoms with Crippen LogP contribution in [-0.4, -0.2) is 35.6 Å². The van der Waals surface area contributed by atoms with Gasteiger partial charge in [0.2, 0.25) is 0 Å². The molecule has 0 spiro atoms. The van der Waals surface area contributed by atoms with Gasteiger partial charge < -0.3 is 4.74 Å². The van der Waals surface area contributed by atoms with Gasteiger partial charge in [-0.1, -0.05) is 13.8 Å². The number of fused-ring (bicyclic) bond motifs is 1. The highest BCUT2D eigenvalue weighted by Gasteiger charge is 2.16. The first kappa shape index (κ1) is 14.3. The summed E-state index contributed by atoms with van der Waals surface area (Å²) in [6.45, 7) is 8.04. The molecule has 0 N–H and O–H groups in total. The van der Waals surface area contributed by atoms with E-state index in [-0.39, 0.29) is 0 Å². The Labute approximate surface area is 128 Å². The van der Waals surface area contributed by atoms with Crippen LogP contribution in [0.1, 0.15) is 24.4 Å². The molecule has 2 heterocycles. The fourth-order valence-electron chi connectivity index (χ4n) is 2.30. The van der Waals surface area contributed by atoms with Gasteiger partial charge in [0.25, 0.3) is 0 Å². The van der Waals surface area contributed by atoms with Crippen molar-refractivity contribution in [3.8, 4) is 0 Å². The van der Waals surface area contributed by atoms with Gasteiger partial charge in [-0.3, -0.25) is 0 Å². The molecule has 0 unspecified atom stereocenters. The molecule has 1 saturated heterocycles. The van der Waals surface area contributed by atoms with E-state index >= 15 is 0 Å². The first-order valence-corrected chi connectivity index (χ1v) is 8.82. The first-order chi connectivity index (χ1) is 9.80. The number of rotatable bonds is 4. The van der Waals surface area contributed by atoms with Crippen LogP contribution in [0.5, 0.6) is 0 Å². The zero-order valence-corrected chi connectivity index (χ0v) is 13.6. The third kappa shape index (κ3) is 3.01. The molecule has 1 aliphatic rings. The van der Waals surface area contributed by atoms with Crippen LogP contribution < -0.4 is 0 Å². The normalized spacial score (nSPS) is 16.9. The summed E-state index contributed by atoms with van der Waals surface area (Å²) in [6, 6.07) is 4.61. The fourth-order valence-corrected chi connectivity index (χ4v) is 4.42. The van der Waals surface area contributed by atoms with Gasteiger partial charge in [0, 0.05) is 13.1 Å². The average molecular weight is 308 g/mol. The van der Waals surface area contributed by atoms with Gasteiger partial charge in [-0.15, -0.1) is 11.3 Å². The highest BCUT2D eigenvalue weighted by molar-refractivity contribution is 7.97. The van der Waals surface area contributed by atoms with Gasteiger partial charge in [0.15, 0.2) is 0 Å². The maximum atomic E-state index is 5.42. The van der Waals surface area contributed by atoms with E-state index in [1.807, 2.05) is 23.3 Å². The van der Waals surface area contributed by atoms with Gasteiger partial charge in [0.05, 0.1) is 33.3 Å². The lowest BCUT2D eigenvalue weighted by Gasteiger charge is -2.25. The van der Waals surface area contributed by atoms with Crippen LogP contribution >= 0.6 is 23.3 Å². The van der Waals surface area contributed by atoms with E-state index in [0.29, 0.717) is 0 Å². The number of aromatic nitrogens is 1. The van der Waals surface area contributed by atoms with Crippen molar-refractivity contribution in [3.05, 3.63) is 22.7 Å². The minimum atomic E-state index is 0.834. The Bertz CT molecular complexity index is 591. The summed E-state index contributed by atoms with van der Waals surface area (Å²) in [7, 11) is 0. The number of thiazole rings is 1. The molecule has 0 atom stereocenters. The Hall–Kier alpha value is -0.620. The second kappa shape index (κ2) is 6.43. The predicted molar refractivity (Wildman–Crippen MR) is 86.6 cm³/mol. The number of hydrogen-bond donors (Lipinski definition) is 0. The van der Waals surface area contributed by atoms with Crippen LogP contribution in [0.25, 0.3) is 10.2 Å². The second-order valence-corrected chi connectivity index (χ2v) is 7.14. The van der Waals surface area contributed by atoms with Crippen LogP contribution in [-0.2, 0) is 17.6 Å². The third-order valence-corrected chi connectivity index (χ3v) is 5.75. The Kier molecular flexibility index (Phi) is 4.61. The number of hydrogen-bond acceptors (Lipinski definition) is 5. The molecular formula is C15H20N2OS2. The molecule has 20 heavy (non-hydrogen) atoms. The van der Waals surface area contributed by atoms with E-state index in [1.165, 1.54) is 25.7 Å². The molecule has 0 radical (unpaired) electrons. The summed E-state index contributed by atoms with van der Waals surface area (Å²) in [6.07, 6.45) is 2.09. The van der Waals surface area contributed by atoms with Crippen molar-refractivity contribution in [1.82, 2.24) is 9.29 Å². The summed E-state index contributed by atoms with van der Waals surface area (Å²) in [4.78, 5) is 6.11. The Morgan fingerprint density at radius 1 is 1.25 bits per heavy atom. The highest BCUT2D eigenvalue weighted by Crippen LogP contribution is 2.35. The molecule has 0 saturated carbocycles. The molecule has 1 fully saturated rings. The lowest BCUT2D eigenvalue weighted by molar-refractivity contribution is 0.0773. The zero-order chi connectivity index (χ0) is 13.9. The van der Waals surface area contributed by atoms with E-state index < -0.39 is 0 Å². The maximum absolute atomic E-state index is 5.42. The Morgan fingerprint density at radius 2 is 2.05 bits per heavy atom. The number of benzene rings is 1.